The quantitative estimate of drug-likeness (QED) is 0.194. The maximum absolute atomic E-state index is 8.52. The van der Waals surface area contributed by atoms with Gasteiger partial charge in [-0.1, -0.05) is 0 Å². The van der Waals surface area contributed by atoms with Gasteiger partial charge in [-0.15, -0.1) is 11.4 Å². The van der Waals surface area contributed by atoms with Crippen LogP contribution in [0.2, 0.25) is 0 Å². The molecule has 0 aromatic carbocycles. The summed E-state index contributed by atoms with van der Waals surface area (Å²) in [6.07, 6.45) is 0. The van der Waals surface area contributed by atoms with Gasteiger partial charge in [-0.25, -0.2) is 0 Å². The van der Waals surface area contributed by atoms with E-state index in [0.29, 0.717) is 0 Å². The van der Waals surface area contributed by atoms with E-state index >= 15 is 0 Å². The van der Waals surface area contributed by atoms with Crippen LogP contribution in [0, 0.1) is 0 Å². The molecular weight excluding hydrogens is 354 g/mol. The molecule has 0 aromatic heterocycles. The summed E-state index contributed by atoms with van der Waals surface area (Å²) in [6, 6.07) is 0. The second-order valence-corrected chi connectivity index (χ2v) is 1.84. The standard InChI is InChI=1S/Ba.Ca.H2O4S.H2O3S/c;;1-5(2,3)4;1-4(2)3/h;;(H2,1,2,3,4);(H2,1,2,3)/q2*+2;;/p-4. The summed E-state index contributed by atoms with van der Waals surface area (Å²) < 4.78 is 59.4. The Morgan fingerprint density at radius 2 is 1.09 bits per heavy atom. The van der Waals surface area contributed by atoms with Crippen LogP contribution < -0.4 is 0 Å². The molecular formula is BaCaO7S2. The van der Waals surface area contributed by atoms with Gasteiger partial charge in [-0.2, -0.15) is 0 Å². The van der Waals surface area contributed by atoms with E-state index in [9.17, 15) is 0 Å². The van der Waals surface area contributed by atoms with Crippen LogP contribution in [0.4, 0.5) is 0 Å². The Morgan fingerprint density at radius 3 is 1.09 bits per heavy atom. The van der Waals surface area contributed by atoms with E-state index in [0.717, 1.165) is 0 Å². The number of hydrogen-bond acceptors (Lipinski definition) is 7. The normalized spacial score (nSPS) is 8.45. The molecule has 0 spiro atoms. The molecule has 0 unspecified atom stereocenters. The van der Waals surface area contributed by atoms with Crippen molar-refractivity contribution in [2.24, 2.45) is 0 Å². The van der Waals surface area contributed by atoms with E-state index in [-0.39, 0.29) is 86.6 Å². The smallest absolute Gasteiger partial charge is 0.784 e. The van der Waals surface area contributed by atoms with Crippen molar-refractivity contribution in [2.45, 2.75) is 0 Å². The van der Waals surface area contributed by atoms with Crippen molar-refractivity contribution in [3.8, 4) is 0 Å². The zero-order valence-electron chi connectivity index (χ0n) is 5.09. The molecule has 0 aliphatic heterocycles. The molecule has 0 heterocycles. The van der Waals surface area contributed by atoms with Gasteiger partial charge in [0.2, 0.25) is 0 Å². The van der Waals surface area contributed by atoms with Gasteiger partial charge in [0.25, 0.3) is 0 Å². The number of rotatable bonds is 0. The SMILES string of the molecule is O=S(=O)([O-])[O-].O=S([O-])[O-].[Ba+2].[Ca+2]. The first kappa shape index (κ1) is 23.5. The Balaban J connectivity index is -0.0000000383. The van der Waals surface area contributed by atoms with Crippen molar-refractivity contribution in [2.75, 3.05) is 0 Å². The second-order valence-electron chi connectivity index (χ2n) is 0.612. The van der Waals surface area contributed by atoms with Gasteiger partial charge in [0.05, 0.1) is 0 Å². The zero-order chi connectivity index (χ0) is 8.08. The molecule has 0 N–H and O–H groups in total. The third-order valence-electron chi connectivity index (χ3n) is 0. The van der Waals surface area contributed by atoms with Crippen LogP contribution in [0.15, 0.2) is 0 Å². The average Bonchev–Trinajstić information content (AvgIpc) is 1.19. The van der Waals surface area contributed by atoms with Crippen LogP contribution >= 0.6 is 0 Å². The summed E-state index contributed by atoms with van der Waals surface area (Å²) in [6.45, 7) is 0. The van der Waals surface area contributed by atoms with Crippen LogP contribution in [0.1, 0.15) is 0 Å². The van der Waals surface area contributed by atoms with Gasteiger partial charge >= 0.3 is 86.6 Å². The first-order valence-corrected chi connectivity index (χ1v) is 3.50. The van der Waals surface area contributed by atoms with Gasteiger partial charge in [-0.05, 0) is 0 Å². The first-order chi connectivity index (χ1) is 3.73. The Morgan fingerprint density at radius 1 is 1.09 bits per heavy atom. The fourth-order valence-corrected chi connectivity index (χ4v) is 0. The summed E-state index contributed by atoms with van der Waals surface area (Å²) >= 11 is -3.11. The molecule has 0 saturated carbocycles. The zero-order valence-corrected chi connectivity index (χ0v) is 13.4. The van der Waals surface area contributed by atoms with E-state index in [2.05, 4.69) is 0 Å². The average molecular weight is 354 g/mol. The van der Waals surface area contributed by atoms with Crippen LogP contribution in [-0.4, -0.2) is 117 Å². The van der Waals surface area contributed by atoms with Gasteiger partial charge in [0, 0.05) is 10.4 Å². The molecule has 0 fully saturated rings. The molecule has 0 aliphatic carbocycles. The van der Waals surface area contributed by atoms with Crippen molar-refractivity contribution < 1.29 is 30.8 Å². The molecule has 11 heteroatoms. The molecule has 0 rings (SSSR count). The summed E-state index contributed by atoms with van der Waals surface area (Å²) in [7, 11) is -5.17. The molecule has 7 nitrogen and oxygen atoms in total. The second kappa shape index (κ2) is 12.8. The summed E-state index contributed by atoms with van der Waals surface area (Å²) in [5.41, 5.74) is 0. The fourth-order valence-electron chi connectivity index (χ4n) is 0. The van der Waals surface area contributed by atoms with Crippen LogP contribution in [0.3, 0.4) is 0 Å². The summed E-state index contributed by atoms with van der Waals surface area (Å²) in [5.74, 6) is 0. The van der Waals surface area contributed by atoms with Crippen molar-refractivity contribution in [3.05, 3.63) is 0 Å². The van der Waals surface area contributed by atoms with Crippen molar-refractivity contribution in [1.82, 2.24) is 0 Å². The van der Waals surface area contributed by atoms with E-state index in [1.807, 2.05) is 0 Å². The molecule has 0 amide bonds. The minimum absolute atomic E-state index is 0. The Hall–Kier alpha value is 2.77. The third kappa shape index (κ3) is 193. The molecule has 0 saturated heterocycles. The first-order valence-electron chi connectivity index (χ1n) is 1.17. The topological polar surface area (TPSA) is 143 Å². The summed E-state index contributed by atoms with van der Waals surface area (Å²) in [4.78, 5) is 0. The Labute approximate surface area is 136 Å². The van der Waals surface area contributed by atoms with Crippen LogP contribution in [0.25, 0.3) is 0 Å². The largest absolute Gasteiger partial charge is 2.00 e. The number of hydrogen-bond donors (Lipinski definition) is 0. The van der Waals surface area contributed by atoms with E-state index in [4.69, 9.17) is 30.8 Å². The molecule has 0 bridgehead atoms. The monoisotopic (exact) mass is 354 g/mol. The Bertz CT molecular complexity index is 159. The maximum atomic E-state index is 8.52. The molecule has 0 atom stereocenters. The van der Waals surface area contributed by atoms with Crippen LogP contribution in [-0.2, 0) is 21.8 Å². The molecule has 0 radical (unpaired) electrons. The maximum Gasteiger partial charge on any atom is 2.00 e. The molecule has 11 heavy (non-hydrogen) atoms. The van der Waals surface area contributed by atoms with Gasteiger partial charge in [0.1, 0.15) is 0 Å². The van der Waals surface area contributed by atoms with Crippen LogP contribution in [0.5, 0.6) is 0 Å². The van der Waals surface area contributed by atoms with Gasteiger partial charge in [-0.3, -0.25) is 12.6 Å². The Kier molecular flexibility index (Phi) is 27.3. The minimum Gasteiger partial charge on any atom is -0.784 e. The van der Waals surface area contributed by atoms with Crippen molar-refractivity contribution >= 4 is 108 Å². The third-order valence-corrected chi connectivity index (χ3v) is 0. The van der Waals surface area contributed by atoms with E-state index in [1.165, 1.54) is 0 Å². The van der Waals surface area contributed by atoms with Gasteiger partial charge < -0.3 is 18.2 Å². The molecule has 0 aromatic rings. The van der Waals surface area contributed by atoms with Crippen molar-refractivity contribution in [3.63, 3.8) is 0 Å². The van der Waals surface area contributed by atoms with Crippen molar-refractivity contribution in [1.29, 1.82) is 0 Å². The van der Waals surface area contributed by atoms with E-state index < -0.39 is 21.8 Å². The predicted octanol–water partition coefficient (Wildman–Crippen LogP) is -3.10. The molecule has 58 valence electrons. The van der Waals surface area contributed by atoms with E-state index in [1.54, 1.807) is 0 Å². The summed E-state index contributed by atoms with van der Waals surface area (Å²) in [5, 5.41) is 0. The fraction of sp³-hybridized carbons (Fsp3) is 0. The predicted molar refractivity (Wildman–Crippen MR) is 31.7 cm³/mol. The van der Waals surface area contributed by atoms with Gasteiger partial charge in [0.15, 0.2) is 0 Å². The minimum atomic E-state index is -5.17. The molecule has 0 aliphatic rings.